The van der Waals surface area contributed by atoms with E-state index in [9.17, 15) is 0 Å². The van der Waals surface area contributed by atoms with Crippen LogP contribution in [0.1, 0.15) is 44.2 Å². The highest BCUT2D eigenvalue weighted by Gasteiger charge is 2.08. The van der Waals surface area contributed by atoms with Gasteiger partial charge in [0.05, 0.1) is 0 Å². The number of rotatable bonds is 7. The van der Waals surface area contributed by atoms with E-state index in [4.69, 9.17) is 5.73 Å². The molecular formula is C17H30N2. The summed E-state index contributed by atoms with van der Waals surface area (Å²) >= 11 is 0. The molecule has 1 aromatic rings. The molecule has 0 aliphatic heterocycles. The van der Waals surface area contributed by atoms with E-state index in [0.717, 1.165) is 13.0 Å². The lowest BCUT2D eigenvalue weighted by atomic mass is 10.0. The van der Waals surface area contributed by atoms with E-state index in [0.29, 0.717) is 12.0 Å². The van der Waals surface area contributed by atoms with Gasteiger partial charge in [-0.1, -0.05) is 19.4 Å². The van der Waals surface area contributed by atoms with Crippen LogP contribution in [0.4, 0.5) is 5.69 Å². The zero-order valence-electron chi connectivity index (χ0n) is 13.2. The molecule has 0 aliphatic carbocycles. The van der Waals surface area contributed by atoms with Crippen LogP contribution < -0.4 is 10.6 Å². The number of benzene rings is 1. The van der Waals surface area contributed by atoms with Crippen LogP contribution in [0.15, 0.2) is 18.2 Å². The summed E-state index contributed by atoms with van der Waals surface area (Å²) in [4.78, 5) is 2.37. The predicted molar refractivity (Wildman–Crippen MR) is 85.9 cm³/mol. The van der Waals surface area contributed by atoms with Crippen molar-refractivity contribution in [3.8, 4) is 0 Å². The molecule has 0 aliphatic rings. The van der Waals surface area contributed by atoms with E-state index in [2.05, 4.69) is 57.8 Å². The number of anilines is 1. The molecule has 2 heteroatoms. The maximum absolute atomic E-state index is 5.79. The third-order valence-corrected chi connectivity index (χ3v) is 3.59. The highest BCUT2D eigenvalue weighted by atomic mass is 15.1. The number of hydrogen-bond donors (Lipinski definition) is 1. The fourth-order valence-electron chi connectivity index (χ4n) is 2.62. The van der Waals surface area contributed by atoms with Gasteiger partial charge < -0.3 is 10.6 Å². The van der Waals surface area contributed by atoms with Crippen molar-refractivity contribution in [3.05, 3.63) is 29.3 Å². The van der Waals surface area contributed by atoms with E-state index in [1.165, 1.54) is 29.7 Å². The fraction of sp³-hybridized carbons (Fsp3) is 0.647. The Balaban J connectivity index is 2.47. The van der Waals surface area contributed by atoms with Crippen LogP contribution in [0.3, 0.4) is 0 Å². The molecule has 2 nitrogen and oxygen atoms in total. The molecule has 2 atom stereocenters. The van der Waals surface area contributed by atoms with E-state index in [-0.39, 0.29) is 0 Å². The molecular weight excluding hydrogens is 232 g/mol. The van der Waals surface area contributed by atoms with Gasteiger partial charge in [-0.2, -0.15) is 0 Å². The van der Waals surface area contributed by atoms with Crippen LogP contribution in [0, 0.1) is 19.8 Å². The molecule has 0 bridgehead atoms. The van der Waals surface area contributed by atoms with Crippen LogP contribution in [-0.4, -0.2) is 19.6 Å². The minimum absolute atomic E-state index is 0.337. The van der Waals surface area contributed by atoms with Gasteiger partial charge in [-0.15, -0.1) is 0 Å². The Hall–Kier alpha value is -1.02. The van der Waals surface area contributed by atoms with Crippen molar-refractivity contribution in [2.45, 2.75) is 53.0 Å². The molecule has 108 valence electrons. The fourth-order valence-corrected chi connectivity index (χ4v) is 2.62. The molecule has 1 rings (SSSR count). The van der Waals surface area contributed by atoms with Crippen LogP contribution in [0.25, 0.3) is 0 Å². The normalized spacial score (nSPS) is 14.2. The maximum Gasteiger partial charge on any atom is 0.0369 e. The molecule has 0 fully saturated rings. The second kappa shape index (κ2) is 7.54. The zero-order chi connectivity index (χ0) is 14.4. The largest absolute Gasteiger partial charge is 0.374 e. The Morgan fingerprint density at radius 3 is 2.16 bits per heavy atom. The van der Waals surface area contributed by atoms with Gasteiger partial charge in [-0.25, -0.2) is 0 Å². The number of hydrogen-bond acceptors (Lipinski definition) is 2. The minimum Gasteiger partial charge on any atom is -0.374 e. The van der Waals surface area contributed by atoms with Crippen molar-refractivity contribution in [1.82, 2.24) is 0 Å². The summed E-state index contributed by atoms with van der Waals surface area (Å²) in [5, 5.41) is 0. The first-order valence-electron chi connectivity index (χ1n) is 7.43. The summed E-state index contributed by atoms with van der Waals surface area (Å²) in [6, 6.07) is 7.09. The van der Waals surface area contributed by atoms with Crippen LogP contribution in [0.2, 0.25) is 0 Å². The Morgan fingerprint density at radius 2 is 1.63 bits per heavy atom. The number of aryl methyl sites for hydroxylation is 2. The molecule has 0 saturated heterocycles. The summed E-state index contributed by atoms with van der Waals surface area (Å²) in [7, 11) is 2.19. The van der Waals surface area contributed by atoms with Crippen molar-refractivity contribution < 1.29 is 0 Å². The lowest BCUT2D eigenvalue weighted by Gasteiger charge is -2.24. The zero-order valence-corrected chi connectivity index (χ0v) is 13.2. The first-order valence-corrected chi connectivity index (χ1v) is 7.43. The molecule has 2 unspecified atom stereocenters. The van der Waals surface area contributed by atoms with E-state index >= 15 is 0 Å². The predicted octanol–water partition coefficient (Wildman–Crippen LogP) is 3.89. The van der Waals surface area contributed by atoms with Gasteiger partial charge in [0.1, 0.15) is 0 Å². The molecule has 1 aromatic carbocycles. The van der Waals surface area contributed by atoms with E-state index in [1.807, 2.05) is 0 Å². The standard InChI is InChI=1S/C17H30N2/c1-13(7-6-8-16(4)18)12-19(5)17-10-14(2)9-15(3)11-17/h9-11,13,16H,6-8,12,18H2,1-5H3. The molecule has 0 aromatic heterocycles. The number of nitrogens with zero attached hydrogens (tertiary/aromatic N) is 1. The Bertz CT molecular complexity index is 365. The summed E-state index contributed by atoms with van der Waals surface area (Å²) < 4.78 is 0. The molecule has 19 heavy (non-hydrogen) atoms. The van der Waals surface area contributed by atoms with Crippen molar-refractivity contribution in [3.63, 3.8) is 0 Å². The Morgan fingerprint density at radius 1 is 1.05 bits per heavy atom. The third-order valence-electron chi connectivity index (χ3n) is 3.59. The second-order valence-electron chi connectivity index (χ2n) is 6.24. The molecule has 0 saturated carbocycles. The third kappa shape index (κ3) is 6.11. The van der Waals surface area contributed by atoms with Crippen molar-refractivity contribution in [2.75, 3.05) is 18.5 Å². The first-order chi connectivity index (χ1) is 8.88. The van der Waals surface area contributed by atoms with Gasteiger partial charge in [0.2, 0.25) is 0 Å². The van der Waals surface area contributed by atoms with Crippen LogP contribution in [-0.2, 0) is 0 Å². The van der Waals surface area contributed by atoms with Gasteiger partial charge >= 0.3 is 0 Å². The molecule has 0 spiro atoms. The van der Waals surface area contributed by atoms with Gasteiger partial charge in [0, 0.05) is 25.3 Å². The maximum atomic E-state index is 5.79. The van der Waals surface area contributed by atoms with E-state index in [1.54, 1.807) is 0 Å². The monoisotopic (exact) mass is 262 g/mol. The smallest absolute Gasteiger partial charge is 0.0369 e. The SMILES string of the molecule is Cc1cc(C)cc(N(C)CC(C)CCCC(C)N)c1. The average molecular weight is 262 g/mol. The van der Waals surface area contributed by atoms with Crippen molar-refractivity contribution >= 4 is 5.69 Å². The Kier molecular flexibility index (Phi) is 6.36. The molecule has 0 heterocycles. The average Bonchev–Trinajstić information content (AvgIpc) is 2.26. The summed E-state index contributed by atoms with van der Waals surface area (Å²) in [6.45, 7) is 9.86. The first kappa shape index (κ1) is 16.0. The highest BCUT2D eigenvalue weighted by molar-refractivity contribution is 5.50. The van der Waals surface area contributed by atoms with Gasteiger partial charge in [0.15, 0.2) is 0 Å². The summed E-state index contributed by atoms with van der Waals surface area (Å²) in [6.07, 6.45) is 3.63. The lowest BCUT2D eigenvalue weighted by molar-refractivity contribution is 0.480. The van der Waals surface area contributed by atoms with Gasteiger partial charge in [-0.3, -0.25) is 0 Å². The molecule has 0 amide bonds. The number of nitrogens with two attached hydrogens (primary N) is 1. The molecule has 2 N–H and O–H groups in total. The molecule has 0 radical (unpaired) electrons. The quantitative estimate of drug-likeness (QED) is 0.807. The van der Waals surface area contributed by atoms with Crippen LogP contribution >= 0.6 is 0 Å². The van der Waals surface area contributed by atoms with E-state index < -0.39 is 0 Å². The summed E-state index contributed by atoms with van der Waals surface area (Å²) in [5.74, 6) is 0.713. The summed E-state index contributed by atoms with van der Waals surface area (Å²) in [5.41, 5.74) is 9.80. The van der Waals surface area contributed by atoms with Gasteiger partial charge in [-0.05, 0) is 62.8 Å². The Labute approximate surface area is 119 Å². The van der Waals surface area contributed by atoms with Crippen molar-refractivity contribution in [1.29, 1.82) is 0 Å². The van der Waals surface area contributed by atoms with Gasteiger partial charge in [0.25, 0.3) is 0 Å². The van der Waals surface area contributed by atoms with Crippen molar-refractivity contribution in [2.24, 2.45) is 11.7 Å². The topological polar surface area (TPSA) is 29.3 Å². The van der Waals surface area contributed by atoms with Crippen LogP contribution in [0.5, 0.6) is 0 Å². The minimum atomic E-state index is 0.337. The lowest BCUT2D eigenvalue weighted by Crippen LogP contribution is -2.24. The second-order valence-corrected chi connectivity index (χ2v) is 6.24. The highest BCUT2D eigenvalue weighted by Crippen LogP contribution is 2.20.